The Morgan fingerprint density at radius 3 is 2.86 bits per heavy atom. The molecule has 1 aromatic carbocycles. The number of amides is 3. The molecule has 0 spiro atoms. The Hall–Kier alpha value is -2.25. The van der Waals surface area contributed by atoms with Crippen molar-refractivity contribution in [2.45, 2.75) is 51.7 Å². The highest BCUT2D eigenvalue weighted by Gasteiger charge is 2.39. The second-order valence-corrected chi connectivity index (χ2v) is 8.72. The zero-order valence-corrected chi connectivity index (χ0v) is 16.4. The number of benzene rings is 1. The fourth-order valence-corrected chi connectivity index (χ4v) is 4.71. The van der Waals surface area contributed by atoms with Crippen LogP contribution in [0.1, 0.15) is 54.1 Å². The highest BCUT2D eigenvalue weighted by atomic mass is 16.2. The van der Waals surface area contributed by atoms with Crippen molar-refractivity contribution in [3.8, 4) is 0 Å². The highest BCUT2D eigenvalue weighted by molar-refractivity contribution is 6.05. The number of nitrogens with two attached hydrogens (primary N) is 1. The predicted octanol–water partition coefficient (Wildman–Crippen LogP) is 1.01. The molecular formula is C21H28N4O3. The van der Waals surface area contributed by atoms with E-state index < -0.39 is 6.04 Å². The van der Waals surface area contributed by atoms with Gasteiger partial charge in [0.15, 0.2) is 0 Å². The molecule has 0 radical (unpaired) electrons. The number of imide groups is 1. The molecule has 3 heterocycles. The molecule has 3 N–H and O–H groups in total. The molecule has 7 nitrogen and oxygen atoms in total. The number of piperidine rings is 2. The second-order valence-electron chi connectivity index (χ2n) is 8.72. The van der Waals surface area contributed by atoms with Crippen LogP contribution in [0.4, 0.5) is 0 Å². The monoisotopic (exact) mass is 384 g/mol. The zero-order valence-electron chi connectivity index (χ0n) is 16.4. The van der Waals surface area contributed by atoms with Gasteiger partial charge in [0, 0.05) is 31.6 Å². The molecule has 2 atom stereocenters. The van der Waals surface area contributed by atoms with Gasteiger partial charge in [0.1, 0.15) is 6.04 Å². The SMILES string of the molecule is CC1(CN)CCCN(Cc2ccc3c(c2)CN(C2CCC(=O)NC2=O)C3=O)C1. The summed E-state index contributed by atoms with van der Waals surface area (Å²) in [5.41, 5.74) is 8.95. The van der Waals surface area contributed by atoms with Crippen molar-refractivity contribution >= 4 is 17.7 Å². The van der Waals surface area contributed by atoms with E-state index in [9.17, 15) is 14.4 Å². The highest BCUT2D eigenvalue weighted by Crippen LogP contribution is 2.31. The van der Waals surface area contributed by atoms with Crippen LogP contribution >= 0.6 is 0 Å². The van der Waals surface area contributed by atoms with Gasteiger partial charge >= 0.3 is 0 Å². The van der Waals surface area contributed by atoms with Gasteiger partial charge in [-0.05, 0) is 55.0 Å². The van der Waals surface area contributed by atoms with Crippen molar-refractivity contribution in [1.82, 2.24) is 15.1 Å². The van der Waals surface area contributed by atoms with Crippen LogP contribution in [-0.2, 0) is 22.7 Å². The molecule has 150 valence electrons. The molecule has 28 heavy (non-hydrogen) atoms. The maximum absolute atomic E-state index is 12.8. The molecule has 0 aliphatic carbocycles. The molecule has 3 amide bonds. The Bertz CT molecular complexity index is 824. The Labute approximate surface area is 165 Å². The molecule has 0 aromatic heterocycles. The number of hydrogen-bond acceptors (Lipinski definition) is 5. The normalized spacial score (nSPS) is 28.4. The molecule has 1 aromatic rings. The van der Waals surface area contributed by atoms with Gasteiger partial charge in [0.25, 0.3) is 5.91 Å². The van der Waals surface area contributed by atoms with Crippen LogP contribution < -0.4 is 11.1 Å². The lowest BCUT2D eigenvalue weighted by Gasteiger charge is -2.39. The number of nitrogens with one attached hydrogen (secondary N) is 1. The van der Waals surface area contributed by atoms with Crippen LogP contribution in [0.15, 0.2) is 18.2 Å². The first kappa shape index (κ1) is 19.1. The van der Waals surface area contributed by atoms with Crippen LogP contribution in [0.2, 0.25) is 0 Å². The maximum Gasteiger partial charge on any atom is 0.255 e. The number of likely N-dealkylation sites (tertiary alicyclic amines) is 1. The number of rotatable bonds is 4. The van der Waals surface area contributed by atoms with Crippen molar-refractivity contribution in [1.29, 1.82) is 0 Å². The van der Waals surface area contributed by atoms with Gasteiger partial charge in [0.05, 0.1) is 0 Å². The second kappa shape index (κ2) is 7.29. The average Bonchev–Trinajstić information content (AvgIpc) is 2.98. The first-order valence-corrected chi connectivity index (χ1v) is 10.1. The number of hydrogen-bond donors (Lipinski definition) is 2. The van der Waals surface area contributed by atoms with E-state index in [1.165, 1.54) is 12.0 Å². The third-order valence-corrected chi connectivity index (χ3v) is 6.35. The molecular weight excluding hydrogens is 356 g/mol. The molecule has 4 rings (SSSR count). The first-order chi connectivity index (χ1) is 13.4. The van der Waals surface area contributed by atoms with Crippen molar-refractivity contribution in [2.24, 2.45) is 11.1 Å². The van der Waals surface area contributed by atoms with Gasteiger partial charge in [-0.1, -0.05) is 19.1 Å². The van der Waals surface area contributed by atoms with Gasteiger partial charge < -0.3 is 10.6 Å². The maximum atomic E-state index is 12.8. The lowest BCUT2D eigenvalue weighted by molar-refractivity contribution is -0.136. The summed E-state index contributed by atoms with van der Waals surface area (Å²) in [6.07, 6.45) is 2.99. The molecule has 2 saturated heterocycles. The summed E-state index contributed by atoms with van der Waals surface area (Å²) >= 11 is 0. The van der Waals surface area contributed by atoms with Gasteiger partial charge in [-0.25, -0.2) is 0 Å². The number of carbonyl (C=O) groups is 3. The fourth-order valence-electron chi connectivity index (χ4n) is 4.71. The van der Waals surface area contributed by atoms with Gasteiger partial charge in [-0.3, -0.25) is 24.6 Å². The standard InChI is InChI=1S/C21H28N4O3/c1-21(12-22)7-2-8-24(13-21)10-14-3-4-16-15(9-14)11-25(20(16)28)17-5-6-18(26)23-19(17)27/h3-4,9,17H,2,5-8,10-13,22H2,1H3,(H,23,26,27). The number of fused-ring (bicyclic) bond motifs is 1. The fraction of sp³-hybridized carbons (Fsp3) is 0.571. The van der Waals surface area contributed by atoms with Crippen molar-refractivity contribution < 1.29 is 14.4 Å². The summed E-state index contributed by atoms with van der Waals surface area (Å²) in [5, 5.41) is 2.34. The summed E-state index contributed by atoms with van der Waals surface area (Å²) in [5.74, 6) is -0.754. The van der Waals surface area contributed by atoms with E-state index >= 15 is 0 Å². The van der Waals surface area contributed by atoms with Crippen LogP contribution in [0.25, 0.3) is 0 Å². The van der Waals surface area contributed by atoms with Crippen LogP contribution in [0.3, 0.4) is 0 Å². The van der Waals surface area contributed by atoms with Gasteiger partial charge in [-0.15, -0.1) is 0 Å². The molecule has 3 aliphatic rings. The molecule has 3 aliphatic heterocycles. The predicted molar refractivity (Wildman–Crippen MR) is 104 cm³/mol. The summed E-state index contributed by atoms with van der Waals surface area (Å²) in [7, 11) is 0. The molecule has 0 saturated carbocycles. The van der Waals surface area contributed by atoms with Gasteiger partial charge in [0.2, 0.25) is 11.8 Å². The topological polar surface area (TPSA) is 95.7 Å². The number of carbonyl (C=O) groups excluding carboxylic acids is 3. The molecule has 2 fully saturated rings. The zero-order chi connectivity index (χ0) is 19.9. The lowest BCUT2D eigenvalue weighted by Crippen LogP contribution is -2.52. The minimum Gasteiger partial charge on any atom is -0.330 e. The summed E-state index contributed by atoms with van der Waals surface area (Å²) in [4.78, 5) is 40.4. The van der Waals surface area contributed by atoms with Crippen molar-refractivity contribution in [2.75, 3.05) is 19.6 Å². The third-order valence-electron chi connectivity index (χ3n) is 6.35. The first-order valence-electron chi connectivity index (χ1n) is 10.1. The summed E-state index contributed by atoms with van der Waals surface area (Å²) in [6.45, 7) is 6.27. The van der Waals surface area contributed by atoms with E-state index in [0.717, 1.165) is 31.6 Å². The van der Waals surface area contributed by atoms with E-state index in [4.69, 9.17) is 5.73 Å². The Morgan fingerprint density at radius 1 is 1.29 bits per heavy atom. The summed E-state index contributed by atoms with van der Waals surface area (Å²) in [6, 6.07) is 5.42. The quantitative estimate of drug-likeness (QED) is 0.756. The van der Waals surface area contributed by atoms with Crippen LogP contribution in [0.5, 0.6) is 0 Å². The Balaban J connectivity index is 1.47. The smallest absolute Gasteiger partial charge is 0.255 e. The minimum absolute atomic E-state index is 0.121. The van der Waals surface area contributed by atoms with E-state index in [-0.39, 0.29) is 29.6 Å². The Kier molecular flexibility index (Phi) is 4.97. The van der Waals surface area contributed by atoms with Crippen molar-refractivity contribution in [3.63, 3.8) is 0 Å². The van der Waals surface area contributed by atoms with E-state index in [1.807, 2.05) is 12.1 Å². The van der Waals surface area contributed by atoms with E-state index in [0.29, 0.717) is 25.1 Å². The molecule has 2 unspecified atom stereocenters. The minimum atomic E-state index is -0.562. The average molecular weight is 384 g/mol. The van der Waals surface area contributed by atoms with Gasteiger partial charge in [-0.2, -0.15) is 0 Å². The van der Waals surface area contributed by atoms with Crippen LogP contribution in [0, 0.1) is 5.41 Å². The largest absolute Gasteiger partial charge is 0.330 e. The molecule has 7 heteroatoms. The number of nitrogens with zero attached hydrogens (tertiary/aromatic N) is 2. The Morgan fingerprint density at radius 2 is 2.11 bits per heavy atom. The van der Waals surface area contributed by atoms with E-state index in [1.54, 1.807) is 4.90 Å². The molecule has 0 bridgehead atoms. The lowest BCUT2D eigenvalue weighted by atomic mass is 9.82. The van der Waals surface area contributed by atoms with Crippen molar-refractivity contribution in [3.05, 3.63) is 34.9 Å². The third kappa shape index (κ3) is 3.56. The summed E-state index contributed by atoms with van der Waals surface area (Å²) < 4.78 is 0. The van der Waals surface area contributed by atoms with Crippen LogP contribution in [-0.4, -0.2) is 53.2 Å². The van der Waals surface area contributed by atoms with E-state index in [2.05, 4.69) is 23.2 Å².